The Bertz CT molecular complexity index is 243. The Morgan fingerprint density at radius 1 is 1.60 bits per heavy atom. The maximum absolute atomic E-state index is 11.3. The smallest absolute Gasteiger partial charge is 0.409 e. The summed E-state index contributed by atoms with van der Waals surface area (Å²) in [5.74, 6) is 0.232. The second kappa shape index (κ2) is 5.58. The van der Waals surface area contributed by atoms with E-state index in [-0.39, 0.29) is 12.0 Å². The monoisotopic (exact) mass is 214 g/mol. The number of amides is 2. The van der Waals surface area contributed by atoms with Crippen LogP contribution in [0.15, 0.2) is 0 Å². The number of hydrogen-bond donors (Lipinski definition) is 0. The number of carbonyl (C=O) groups is 2. The fourth-order valence-corrected chi connectivity index (χ4v) is 1.69. The normalized spacial score (nSPS) is 15.6. The Labute approximate surface area is 90.0 Å². The highest BCUT2D eigenvalue weighted by Gasteiger charge is 2.19. The Morgan fingerprint density at radius 2 is 2.33 bits per heavy atom. The van der Waals surface area contributed by atoms with E-state index in [2.05, 4.69) is 4.74 Å². The lowest BCUT2D eigenvalue weighted by Crippen LogP contribution is -2.32. The van der Waals surface area contributed by atoms with E-state index in [4.69, 9.17) is 0 Å². The molecule has 0 N–H and O–H groups in total. The van der Waals surface area contributed by atoms with E-state index < -0.39 is 0 Å². The van der Waals surface area contributed by atoms with Crippen LogP contribution >= 0.6 is 0 Å². The van der Waals surface area contributed by atoms with Crippen molar-refractivity contribution in [2.24, 2.45) is 0 Å². The van der Waals surface area contributed by atoms with Crippen molar-refractivity contribution in [3.8, 4) is 0 Å². The van der Waals surface area contributed by atoms with Gasteiger partial charge in [0.25, 0.3) is 0 Å². The van der Waals surface area contributed by atoms with Gasteiger partial charge < -0.3 is 14.5 Å². The van der Waals surface area contributed by atoms with E-state index in [1.165, 1.54) is 12.0 Å². The number of rotatable bonds is 4. The molecule has 0 aromatic heterocycles. The van der Waals surface area contributed by atoms with Crippen molar-refractivity contribution in [3.05, 3.63) is 0 Å². The molecule has 1 saturated heterocycles. The molecule has 0 saturated carbocycles. The summed E-state index contributed by atoms with van der Waals surface area (Å²) in [6.07, 6.45) is 2.11. The molecule has 15 heavy (non-hydrogen) atoms. The number of carbonyl (C=O) groups excluding carboxylic acids is 2. The first-order valence-electron chi connectivity index (χ1n) is 5.22. The number of likely N-dealkylation sites (tertiary alicyclic amines) is 1. The molecule has 2 amide bonds. The van der Waals surface area contributed by atoms with Crippen LogP contribution in [0.25, 0.3) is 0 Å². The number of nitrogens with zero attached hydrogens (tertiary/aromatic N) is 2. The largest absolute Gasteiger partial charge is 0.453 e. The van der Waals surface area contributed by atoms with Crippen molar-refractivity contribution >= 4 is 12.0 Å². The van der Waals surface area contributed by atoms with Gasteiger partial charge in [0.15, 0.2) is 0 Å². The molecule has 5 nitrogen and oxygen atoms in total. The summed E-state index contributed by atoms with van der Waals surface area (Å²) in [7, 11) is 3.06. The maximum atomic E-state index is 11.3. The van der Waals surface area contributed by atoms with Crippen LogP contribution in [-0.4, -0.2) is 55.6 Å². The highest BCUT2D eigenvalue weighted by atomic mass is 16.5. The van der Waals surface area contributed by atoms with Gasteiger partial charge in [-0.1, -0.05) is 0 Å². The first kappa shape index (κ1) is 11.8. The van der Waals surface area contributed by atoms with E-state index in [1.807, 2.05) is 4.90 Å². The summed E-state index contributed by atoms with van der Waals surface area (Å²) < 4.78 is 4.56. The van der Waals surface area contributed by atoms with Crippen LogP contribution < -0.4 is 0 Å². The van der Waals surface area contributed by atoms with Crippen LogP contribution in [-0.2, 0) is 9.53 Å². The fourth-order valence-electron chi connectivity index (χ4n) is 1.69. The van der Waals surface area contributed by atoms with Gasteiger partial charge in [-0.3, -0.25) is 4.79 Å². The predicted molar refractivity (Wildman–Crippen MR) is 55.5 cm³/mol. The molecule has 86 valence electrons. The molecular formula is C10H18N2O3. The van der Waals surface area contributed by atoms with Crippen molar-refractivity contribution in [2.75, 3.05) is 33.8 Å². The Morgan fingerprint density at radius 3 is 2.87 bits per heavy atom. The Balaban J connectivity index is 2.15. The van der Waals surface area contributed by atoms with Crippen LogP contribution in [0.1, 0.15) is 19.3 Å². The minimum atomic E-state index is -0.331. The van der Waals surface area contributed by atoms with Crippen LogP contribution in [0.4, 0.5) is 4.79 Å². The standard InChI is InChI=1S/C10H18N2O3/c1-11(10(14)15-2)6-4-8-12-7-3-5-9(12)13/h3-8H2,1-2H3. The highest BCUT2D eigenvalue weighted by Crippen LogP contribution is 2.09. The molecule has 0 unspecified atom stereocenters. The van der Waals surface area contributed by atoms with Crippen LogP contribution in [0.3, 0.4) is 0 Å². The van der Waals surface area contributed by atoms with Crippen LogP contribution in [0, 0.1) is 0 Å². The summed E-state index contributed by atoms with van der Waals surface area (Å²) in [4.78, 5) is 25.7. The van der Waals surface area contributed by atoms with E-state index in [1.54, 1.807) is 7.05 Å². The molecule has 0 aromatic rings. The maximum Gasteiger partial charge on any atom is 0.409 e. The molecule has 0 aliphatic carbocycles. The zero-order valence-corrected chi connectivity index (χ0v) is 9.36. The molecule has 1 aliphatic heterocycles. The molecule has 1 rings (SSSR count). The Hall–Kier alpha value is -1.26. The summed E-state index contributed by atoms with van der Waals surface area (Å²) in [6.45, 7) is 2.22. The molecule has 0 bridgehead atoms. The summed E-state index contributed by atoms with van der Waals surface area (Å²) in [6, 6.07) is 0. The predicted octanol–water partition coefficient (Wildman–Crippen LogP) is 0.697. The molecule has 0 aromatic carbocycles. The molecule has 5 heteroatoms. The van der Waals surface area contributed by atoms with Gasteiger partial charge in [0.2, 0.25) is 5.91 Å². The van der Waals surface area contributed by atoms with Crippen molar-refractivity contribution in [2.45, 2.75) is 19.3 Å². The quantitative estimate of drug-likeness (QED) is 0.692. The van der Waals surface area contributed by atoms with Gasteiger partial charge in [-0.2, -0.15) is 0 Å². The SMILES string of the molecule is COC(=O)N(C)CCCN1CCCC1=O. The minimum absolute atomic E-state index is 0.232. The van der Waals surface area contributed by atoms with Crippen molar-refractivity contribution in [1.82, 2.24) is 9.80 Å². The topological polar surface area (TPSA) is 49.9 Å². The lowest BCUT2D eigenvalue weighted by Gasteiger charge is -2.19. The van der Waals surface area contributed by atoms with Gasteiger partial charge in [0.05, 0.1) is 7.11 Å². The second-order valence-corrected chi connectivity index (χ2v) is 3.73. The Kier molecular flexibility index (Phi) is 4.39. The van der Waals surface area contributed by atoms with Crippen molar-refractivity contribution in [3.63, 3.8) is 0 Å². The summed E-state index contributed by atoms with van der Waals surface area (Å²) >= 11 is 0. The third-order valence-electron chi connectivity index (χ3n) is 2.58. The van der Waals surface area contributed by atoms with E-state index >= 15 is 0 Å². The lowest BCUT2D eigenvalue weighted by atomic mass is 10.3. The fraction of sp³-hybridized carbons (Fsp3) is 0.800. The summed E-state index contributed by atoms with van der Waals surface area (Å²) in [5, 5.41) is 0. The first-order chi connectivity index (χ1) is 7.15. The van der Waals surface area contributed by atoms with Crippen LogP contribution in [0.2, 0.25) is 0 Å². The first-order valence-corrected chi connectivity index (χ1v) is 5.22. The second-order valence-electron chi connectivity index (χ2n) is 3.73. The van der Waals surface area contributed by atoms with Gasteiger partial charge >= 0.3 is 6.09 Å². The zero-order valence-electron chi connectivity index (χ0n) is 9.36. The van der Waals surface area contributed by atoms with Gasteiger partial charge in [-0.15, -0.1) is 0 Å². The van der Waals surface area contributed by atoms with E-state index in [9.17, 15) is 9.59 Å². The molecule has 1 heterocycles. The molecule has 1 fully saturated rings. The average Bonchev–Trinajstić information content (AvgIpc) is 2.63. The molecule has 0 radical (unpaired) electrons. The number of ether oxygens (including phenoxy) is 1. The summed E-state index contributed by atoms with van der Waals surface area (Å²) in [5.41, 5.74) is 0. The molecule has 0 spiro atoms. The molecule has 1 aliphatic rings. The molecule has 0 atom stereocenters. The van der Waals surface area contributed by atoms with E-state index in [0.29, 0.717) is 13.0 Å². The van der Waals surface area contributed by atoms with Gasteiger partial charge in [-0.05, 0) is 12.8 Å². The van der Waals surface area contributed by atoms with Crippen LogP contribution in [0.5, 0.6) is 0 Å². The number of hydrogen-bond acceptors (Lipinski definition) is 3. The van der Waals surface area contributed by atoms with Gasteiger partial charge in [0, 0.05) is 33.1 Å². The molecular weight excluding hydrogens is 196 g/mol. The van der Waals surface area contributed by atoms with Crippen molar-refractivity contribution in [1.29, 1.82) is 0 Å². The van der Waals surface area contributed by atoms with Gasteiger partial charge in [-0.25, -0.2) is 4.79 Å². The lowest BCUT2D eigenvalue weighted by molar-refractivity contribution is -0.127. The van der Waals surface area contributed by atoms with E-state index in [0.717, 1.165) is 25.9 Å². The number of methoxy groups -OCH3 is 1. The zero-order chi connectivity index (χ0) is 11.3. The minimum Gasteiger partial charge on any atom is -0.453 e. The van der Waals surface area contributed by atoms with Crippen molar-refractivity contribution < 1.29 is 14.3 Å². The highest BCUT2D eigenvalue weighted by molar-refractivity contribution is 5.78. The van der Waals surface area contributed by atoms with Gasteiger partial charge in [0.1, 0.15) is 0 Å². The average molecular weight is 214 g/mol. The third kappa shape index (κ3) is 3.42. The third-order valence-corrected chi connectivity index (χ3v) is 2.58.